The Morgan fingerprint density at radius 3 is 1.50 bits per heavy atom. The molecule has 0 bridgehead atoms. The van der Waals surface area contributed by atoms with Gasteiger partial charge in [0.25, 0.3) is 0 Å². The van der Waals surface area contributed by atoms with Crippen LogP contribution in [-0.2, 0) is 5.41 Å². The van der Waals surface area contributed by atoms with E-state index in [-0.39, 0.29) is 0 Å². The van der Waals surface area contributed by atoms with Gasteiger partial charge >= 0.3 is 0 Å². The fraction of sp³-hybridized carbons (Fsp3) is 0.0952. The normalized spacial score (nSPS) is 15.1. The first-order chi connectivity index (χ1) is 34.1. The minimum Gasteiger partial charge on any atom is -0.225 e. The monoisotopic (exact) mass is 908 g/mol. The van der Waals surface area contributed by atoms with Gasteiger partial charge in [0, 0.05) is 32.1 Å². The fourth-order valence-electron chi connectivity index (χ4n) is 11.3. The Morgan fingerprint density at radius 2 is 0.897 bits per heavy atom. The van der Waals surface area contributed by atoms with Crippen LogP contribution in [0.5, 0.6) is 0 Å². The predicted octanol–water partition coefficient (Wildman–Crippen LogP) is 16.8. The van der Waals surface area contributed by atoms with Crippen LogP contribution in [0, 0.1) is 0 Å². The first-order valence-electron chi connectivity index (χ1n) is 24.0. The molecule has 1 saturated carbocycles. The predicted molar refractivity (Wildman–Crippen MR) is 280 cm³/mol. The van der Waals surface area contributed by atoms with Crippen LogP contribution in [0.15, 0.2) is 238 Å². The van der Waals surface area contributed by atoms with Crippen molar-refractivity contribution in [2.24, 2.45) is 0 Å². The van der Waals surface area contributed by atoms with E-state index in [4.69, 9.17) is 9.97 Å². The van der Waals surface area contributed by atoms with Crippen LogP contribution in [-0.4, -0.2) is 15.0 Å². The maximum Gasteiger partial charge on any atom is 0.163 e. The summed E-state index contributed by atoms with van der Waals surface area (Å²) < 4.78 is 10.4. The molecule has 1 fully saturated rings. The first-order valence-corrected chi connectivity index (χ1v) is 25.2. The van der Waals surface area contributed by atoms with Crippen molar-refractivity contribution in [2.45, 2.75) is 56.6 Å². The van der Waals surface area contributed by atoms with Crippen LogP contribution < -0.4 is 0 Å². The number of nitrogens with zero attached hydrogens (tertiary/aromatic N) is 3. The van der Waals surface area contributed by atoms with Gasteiger partial charge in [0.05, 0.1) is 5.41 Å². The third kappa shape index (κ3) is 6.63. The molecule has 1 aromatic heterocycles. The van der Waals surface area contributed by atoms with Crippen LogP contribution in [0.2, 0.25) is 0 Å². The third-order valence-electron chi connectivity index (χ3n) is 14.2. The molecule has 0 radical (unpaired) electrons. The molecular weight excluding hydrogens is 863 g/mol. The van der Waals surface area contributed by atoms with Gasteiger partial charge in [-0.25, -0.2) is 15.0 Å². The third-order valence-corrected chi connectivity index (χ3v) is 16.5. The smallest absolute Gasteiger partial charge is 0.163 e. The van der Waals surface area contributed by atoms with E-state index in [1.165, 1.54) is 47.4 Å². The van der Waals surface area contributed by atoms with Crippen LogP contribution in [0.1, 0.15) is 60.8 Å². The molecule has 1 aliphatic carbocycles. The number of rotatable bonds is 7. The van der Waals surface area contributed by atoms with Gasteiger partial charge in [-0.15, -0.1) is 0 Å². The number of hydrogen-bond acceptors (Lipinski definition) is 5. The molecule has 0 atom stereocenters. The molecule has 0 unspecified atom stereocenters. The quantitative estimate of drug-likeness (QED) is 0.159. The standard InChI is InChI=1S/C63H45N3S2/c1-4-19-42(20-5-1)48-38-49(62-65-39-64-40-66-62)57(43-23-6-2-7-24-43)60(44-25-8-3-9-26-44)58(48)45-27-18-28-46(37-45)59-47(41-21-10-11-22-41)35-36-53-61(59)68-56-34-17-14-31-52(56)63(53)50-29-12-15-32-54(50)67-55-33-16-13-30-51(55)63/h1-9,12-20,23-41H,10-11,21-22H2/i41D. The lowest BCUT2D eigenvalue weighted by atomic mass is 9.63. The molecule has 0 saturated heterocycles. The summed E-state index contributed by atoms with van der Waals surface area (Å²) in [7, 11) is 0. The highest BCUT2D eigenvalue weighted by molar-refractivity contribution is 8.00. The lowest BCUT2D eigenvalue weighted by Gasteiger charge is -2.46. The molecule has 324 valence electrons. The lowest BCUT2D eigenvalue weighted by molar-refractivity contribution is 0.662. The largest absolute Gasteiger partial charge is 0.225 e. The highest BCUT2D eigenvalue weighted by Gasteiger charge is 2.49. The Morgan fingerprint density at radius 1 is 0.412 bits per heavy atom. The molecule has 3 aliphatic rings. The Bertz CT molecular complexity index is 3510. The molecule has 13 rings (SSSR count). The first kappa shape index (κ1) is 39.8. The Kier molecular flexibility index (Phi) is 10.0. The lowest BCUT2D eigenvalue weighted by Crippen LogP contribution is -2.37. The molecular formula is C63H45N3S2. The van der Waals surface area contributed by atoms with Gasteiger partial charge in [0.15, 0.2) is 5.82 Å². The summed E-state index contributed by atoms with van der Waals surface area (Å²) in [6.07, 6.45) is 6.95. The van der Waals surface area contributed by atoms with Crippen LogP contribution in [0.25, 0.3) is 67.0 Å². The van der Waals surface area contributed by atoms with Crippen LogP contribution in [0.4, 0.5) is 0 Å². The topological polar surface area (TPSA) is 38.7 Å². The highest BCUT2D eigenvalue weighted by Crippen LogP contribution is 2.64. The van der Waals surface area contributed by atoms with Crippen molar-refractivity contribution >= 4 is 23.5 Å². The Hall–Kier alpha value is -7.31. The van der Waals surface area contributed by atoms with E-state index < -0.39 is 11.3 Å². The number of benzene rings is 9. The Balaban J connectivity index is 1.15. The molecule has 3 nitrogen and oxygen atoms in total. The van der Waals surface area contributed by atoms with E-state index in [0.29, 0.717) is 5.82 Å². The molecule has 3 heterocycles. The summed E-state index contributed by atoms with van der Waals surface area (Å²) >= 11 is 3.76. The molecule has 68 heavy (non-hydrogen) atoms. The van der Waals surface area contributed by atoms with Gasteiger partial charge in [-0.2, -0.15) is 0 Å². The van der Waals surface area contributed by atoms with Gasteiger partial charge in [0.1, 0.15) is 12.7 Å². The van der Waals surface area contributed by atoms with E-state index in [0.717, 1.165) is 86.9 Å². The summed E-state index contributed by atoms with van der Waals surface area (Å²) in [6.45, 7) is 0. The second-order valence-corrected chi connectivity index (χ2v) is 20.0. The summed E-state index contributed by atoms with van der Waals surface area (Å²) in [5, 5.41) is 0. The van der Waals surface area contributed by atoms with Gasteiger partial charge in [-0.3, -0.25) is 0 Å². The molecule has 0 amide bonds. The van der Waals surface area contributed by atoms with Gasteiger partial charge < -0.3 is 0 Å². The molecule has 1 spiro atoms. The van der Waals surface area contributed by atoms with Crippen molar-refractivity contribution in [3.05, 3.63) is 247 Å². The number of aromatic nitrogens is 3. The van der Waals surface area contributed by atoms with Gasteiger partial charge in [-0.1, -0.05) is 212 Å². The SMILES string of the molecule is [2H]C1(c2ccc3c(c2-c2cccc(-c4c(-c5ccccc5)cc(-c5ncncn5)c(-c5ccccc5)c4-c4ccccc4)c2)Sc2ccccc2C32c3ccccc3Sc3ccccc32)CCCC1. The van der Waals surface area contributed by atoms with Crippen LogP contribution in [0.3, 0.4) is 0 Å². The average Bonchev–Trinajstić information content (AvgIpc) is 3.88. The van der Waals surface area contributed by atoms with Crippen molar-refractivity contribution in [1.29, 1.82) is 0 Å². The molecule has 0 N–H and O–H groups in total. The van der Waals surface area contributed by atoms with Gasteiger partial charge in [-0.05, 0) is 127 Å². The van der Waals surface area contributed by atoms with Crippen molar-refractivity contribution in [2.75, 3.05) is 0 Å². The van der Waals surface area contributed by atoms with E-state index in [1.807, 2.05) is 23.5 Å². The summed E-state index contributed by atoms with van der Waals surface area (Å²) in [6, 6.07) is 75.6. The number of hydrogen-bond donors (Lipinski definition) is 0. The highest BCUT2D eigenvalue weighted by atomic mass is 32.2. The van der Waals surface area contributed by atoms with E-state index in [1.54, 1.807) is 12.7 Å². The minimum absolute atomic E-state index is 0.568. The fourth-order valence-corrected chi connectivity index (χ4v) is 13.9. The van der Waals surface area contributed by atoms with Crippen molar-refractivity contribution < 1.29 is 1.37 Å². The zero-order chi connectivity index (χ0) is 45.9. The second-order valence-electron chi connectivity index (χ2n) is 17.9. The van der Waals surface area contributed by atoms with Crippen molar-refractivity contribution in [3.8, 4) is 67.0 Å². The van der Waals surface area contributed by atoms with Crippen LogP contribution >= 0.6 is 23.5 Å². The maximum absolute atomic E-state index is 10.4. The molecule has 2 aliphatic heterocycles. The Labute approximate surface area is 407 Å². The zero-order valence-corrected chi connectivity index (χ0v) is 38.9. The zero-order valence-electron chi connectivity index (χ0n) is 38.3. The van der Waals surface area contributed by atoms with E-state index in [2.05, 4.69) is 211 Å². The van der Waals surface area contributed by atoms with Gasteiger partial charge in [0.2, 0.25) is 0 Å². The van der Waals surface area contributed by atoms with Crippen molar-refractivity contribution in [3.63, 3.8) is 0 Å². The average molecular weight is 909 g/mol. The summed E-state index contributed by atoms with van der Waals surface area (Å²) in [5.41, 5.74) is 17.7. The molecule has 5 heteroatoms. The number of fused-ring (bicyclic) bond motifs is 8. The van der Waals surface area contributed by atoms with Crippen molar-refractivity contribution in [1.82, 2.24) is 15.0 Å². The molecule has 9 aromatic carbocycles. The minimum atomic E-state index is -0.722. The molecule has 10 aromatic rings. The summed E-state index contributed by atoms with van der Waals surface area (Å²) in [4.78, 5) is 18.9. The van der Waals surface area contributed by atoms with E-state index >= 15 is 0 Å². The second kappa shape index (κ2) is 17.1. The van der Waals surface area contributed by atoms with E-state index in [9.17, 15) is 1.37 Å². The maximum atomic E-state index is 10.4. The summed E-state index contributed by atoms with van der Waals surface area (Å²) in [5.74, 6) is -0.104.